The van der Waals surface area contributed by atoms with Crippen LogP contribution in [-0.4, -0.2) is 59.2 Å². The molecule has 2 atom stereocenters. The first-order valence-electron chi connectivity index (χ1n) is 6.86. The Labute approximate surface area is 115 Å². The molecule has 2 N–H and O–H groups in total. The molecule has 5 heteroatoms. The van der Waals surface area contributed by atoms with Crippen LogP contribution in [0.15, 0.2) is 24.3 Å². The Balaban J connectivity index is 1.97. The highest BCUT2D eigenvalue weighted by Gasteiger charge is 2.26. The quantitative estimate of drug-likeness (QED) is 0.746. The van der Waals surface area contributed by atoms with Crippen molar-refractivity contribution in [2.45, 2.75) is 32.5 Å². The summed E-state index contributed by atoms with van der Waals surface area (Å²) in [5.41, 5.74) is 1.76. The van der Waals surface area contributed by atoms with Crippen LogP contribution < -0.4 is 5.46 Å². The van der Waals surface area contributed by atoms with Crippen molar-refractivity contribution in [3.05, 3.63) is 29.8 Å². The molecule has 1 aromatic carbocycles. The molecule has 104 valence electrons. The van der Waals surface area contributed by atoms with Crippen molar-refractivity contribution in [2.75, 3.05) is 20.1 Å². The normalized spacial score (nSPS) is 25.5. The van der Waals surface area contributed by atoms with E-state index in [4.69, 9.17) is 10.0 Å². The molecule has 0 radical (unpaired) electrons. The van der Waals surface area contributed by atoms with Gasteiger partial charge in [0.15, 0.2) is 0 Å². The first-order valence-corrected chi connectivity index (χ1v) is 6.86. The van der Waals surface area contributed by atoms with Gasteiger partial charge in [0.1, 0.15) is 0 Å². The molecule has 1 saturated heterocycles. The van der Waals surface area contributed by atoms with E-state index in [2.05, 4.69) is 30.7 Å². The molecule has 4 nitrogen and oxygen atoms in total. The molecule has 2 unspecified atom stereocenters. The molecule has 0 spiro atoms. The van der Waals surface area contributed by atoms with Crippen LogP contribution in [-0.2, 0) is 6.54 Å². The number of benzene rings is 1. The minimum Gasteiger partial charge on any atom is -0.423 e. The number of hydrogen-bond donors (Lipinski definition) is 2. The third-order valence-corrected chi connectivity index (χ3v) is 4.12. The maximum Gasteiger partial charge on any atom is 0.488 e. The number of piperazine rings is 1. The van der Waals surface area contributed by atoms with Crippen molar-refractivity contribution in [3.63, 3.8) is 0 Å². The summed E-state index contributed by atoms with van der Waals surface area (Å²) in [5.74, 6) is 0. The maximum absolute atomic E-state index is 9.07. The minimum atomic E-state index is -1.38. The summed E-state index contributed by atoms with van der Waals surface area (Å²) < 4.78 is 0. The highest BCUT2D eigenvalue weighted by molar-refractivity contribution is 6.58. The fourth-order valence-electron chi connectivity index (χ4n) is 2.70. The van der Waals surface area contributed by atoms with Crippen LogP contribution in [0.1, 0.15) is 19.4 Å². The van der Waals surface area contributed by atoms with Crippen LogP contribution in [0.2, 0.25) is 0 Å². The molecule has 0 aromatic heterocycles. The number of rotatable bonds is 3. The highest BCUT2D eigenvalue weighted by Crippen LogP contribution is 2.15. The topological polar surface area (TPSA) is 46.9 Å². The summed E-state index contributed by atoms with van der Waals surface area (Å²) in [7, 11) is 0.808. The zero-order chi connectivity index (χ0) is 14.0. The van der Waals surface area contributed by atoms with Crippen LogP contribution in [0, 0.1) is 0 Å². The third kappa shape index (κ3) is 3.57. The smallest absolute Gasteiger partial charge is 0.423 e. The van der Waals surface area contributed by atoms with Gasteiger partial charge in [-0.2, -0.15) is 0 Å². The molecular weight excluding hydrogens is 239 g/mol. The second-order valence-electron chi connectivity index (χ2n) is 5.67. The monoisotopic (exact) mass is 262 g/mol. The first kappa shape index (κ1) is 14.5. The van der Waals surface area contributed by atoms with E-state index < -0.39 is 7.12 Å². The van der Waals surface area contributed by atoms with Crippen molar-refractivity contribution in [3.8, 4) is 0 Å². The molecule has 0 saturated carbocycles. The first-order chi connectivity index (χ1) is 8.97. The van der Waals surface area contributed by atoms with Crippen molar-refractivity contribution in [1.82, 2.24) is 9.80 Å². The molecule has 1 aromatic rings. The van der Waals surface area contributed by atoms with Crippen molar-refractivity contribution >= 4 is 12.6 Å². The Bertz CT molecular complexity index is 398. The van der Waals surface area contributed by atoms with Crippen LogP contribution in [0.4, 0.5) is 0 Å². The highest BCUT2D eigenvalue weighted by atomic mass is 16.4. The maximum atomic E-state index is 9.07. The minimum absolute atomic E-state index is 0.545. The molecule has 1 heterocycles. The lowest BCUT2D eigenvalue weighted by Crippen LogP contribution is -2.54. The lowest BCUT2D eigenvalue weighted by Gasteiger charge is -2.42. The van der Waals surface area contributed by atoms with Gasteiger partial charge in [-0.25, -0.2) is 0 Å². The van der Waals surface area contributed by atoms with Crippen molar-refractivity contribution in [2.24, 2.45) is 0 Å². The average Bonchev–Trinajstić information content (AvgIpc) is 2.36. The molecular formula is C14H23BN2O2. The van der Waals surface area contributed by atoms with Gasteiger partial charge in [0.2, 0.25) is 0 Å². The summed E-state index contributed by atoms with van der Waals surface area (Å²) in [5, 5.41) is 18.1. The van der Waals surface area contributed by atoms with E-state index in [1.807, 2.05) is 12.1 Å². The second kappa shape index (κ2) is 6.05. The second-order valence-corrected chi connectivity index (χ2v) is 5.67. The van der Waals surface area contributed by atoms with Gasteiger partial charge in [-0.15, -0.1) is 0 Å². The summed E-state index contributed by atoms with van der Waals surface area (Å²) in [4.78, 5) is 4.88. The van der Waals surface area contributed by atoms with E-state index in [1.54, 1.807) is 12.1 Å². The largest absolute Gasteiger partial charge is 0.488 e. The predicted octanol–water partition coefficient (Wildman–Crippen LogP) is -0.109. The van der Waals surface area contributed by atoms with Gasteiger partial charge in [-0.1, -0.05) is 24.3 Å². The van der Waals surface area contributed by atoms with Crippen LogP contribution in [0.3, 0.4) is 0 Å². The number of likely N-dealkylation sites (N-methyl/N-ethyl adjacent to an activating group) is 1. The fraction of sp³-hybridized carbons (Fsp3) is 0.571. The summed E-state index contributed by atoms with van der Waals surface area (Å²) in [6, 6.07) is 8.65. The summed E-state index contributed by atoms with van der Waals surface area (Å²) in [6.07, 6.45) is 0. The van der Waals surface area contributed by atoms with Crippen LogP contribution in [0.25, 0.3) is 0 Å². The SMILES string of the molecule is CC1CN(Cc2ccc(B(O)O)cc2)CC(C)N1C. The molecule has 2 rings (SSSR count). The summed E-state index contributed by atoms with van der Waals surface area (Å²) in [6.45, 7) is 7.59. The molecule has 1 aliphatic rings. The van der Waals surface area contributed by atoms with E-state index >= 15 is 0 Å². The van der Waals surface area contributed by atoms with Gasteiger partial charge < -0.3 is 10.0 Å². The Kier molecular flexibility index (Phi) is 4.63. The number of hydrogen-bond acceptors (Lipinski definition) is 4. The van der Waals surface area contributed by atoms with Gasteiger partial charge >= 0.3 is 7.12 Å². The zero-order valence-electron chi connectivity index (χ0n) is 12.0. The Morgan fingerprint density at radius 2 is 1.63 bits per heavy atom. The van der Waals surface area contributed by atoms with Gasteiger partial charge in [0.05, 0.1) is 0 Å². The van der Waals surface area contributed by atoms with Gasteiger partial charge in [0.25, 0.3) is 0 Å². The number of nitrogens with zero attached hydrogens (tertiary/aromatic N) is 2. The Hall–Kier alpha value is -0.875. The van der Waals surface area contributed by atoms with E-state index in [-0.39, 0.29) is 0 Å². The van der Waals surface area contributed by atoms with E-state index in [1.165, 1.54) is 5.56 Å². The van der Waals surface area contributed by atoms with Crippen LogP contribution >= 0.6 is 0 Å². The molecule has 1 aliphatic heterocycles. The van der Waals surface area contributed by atoms with Gasteiger partial charge in [-0.3, -0.25) is 9.80 Å². The average molecular weight is 262 g/mol. The molecule has 1 fully saturated rings. The lowest BCUT2D eigenvalue weighted by molar-refractivity contribution is 0.0556. The molecule has 19 heavy (non-hydrogen) atoms. The standard InChI is InChI=1S/C14H23BN2O2/c1-11-8-17(9-12(2)16(11)3)10-13-4-6-14(7-5-13)15(18)19/h4-7,11-12,18-19H,8-10H2,1-3H3. The van der Waals surface area contributed by atoms with E-state index in [9.17, 15) is 0 Å². The molecule has 0 amide bonds. The summed E-state index contributed by atoms with van der Waals surface area (Å²) >= 11 is 0. The molecule has 0 bridgehead atoms. The van der Waals surface area contributed by atoms with Crippen molar-refractivity contribution in [1.29, 1.82) is 0 Å². The third-order valence-electron chi connectivity index (χ3n) is 4.12. The zero-order valence-corrected chi connectivity index (χ0v) is 12.0. The van der Waals surface area contributed by atoms with Crippen molar-refractivity contribution < 1.29 is 10.0 Å². The Morgan fingerprint density at radius 1 is 1.11 bits per heavy atom. The molecule has 0 aliphatic carbocycles. The van der Waals surface area contributed by atoms with Gasteiger partial charge in [-0.05, 0) is 31.9 Å². The Morgan fingerprint density at radius 3 is 2.11 bits per heavy atom. The predicted molar refractivity (Wildman–Crippen MR) is 78.2 cm³/mol. The lowest BCUT2D eigenvalue weighted by atomic mass is 9.80. The van der Waals surface area contributed by atoms with Gasteiger partial charge in [0, 0.05) is 31.7 Å². The van der Waals surface area contributed by atoms with Crippen LogP contribution in [0.5, 0.6) is 0 Å². The fourth-order valence-corrected chi connectivity index (χ4v) is 2.70. The van der Waals surface area contributed by atoms with E-state index in [0.717, 1.165) is 19.6 Å². The van der Waals surface area contributed by atoms with E-state index in [0.29, 0.717) is 17.5 Å².